The zero-order valence-electron chi connectivity index (χ0n) is 8.37. The van der Waals surface area contributed by atoms with E-state index in [1.54, 1.807) is 12.5 Å². The van der Waals surface area contributed by atoms with Crippen LogP contribution >= 0.6 is 0 Å². The summed E-state index contributed by atoms with van der Waals surface area (Å²) in [6, 6.07) is 0. The van der Waals surface area contributed by atoms with E-state index in [9.17, 15) is 9.90 Å². The third-order valence-corrected chi connectivity index (χ3v) is 1.79. The van der Waals surface area contributed by atoms with E-state index >= 15 is 0 Å². The SMILES string of the molecule is CC(C)(O)C(=O)NCCc1cnc[nH]1. The first kappa shape index (κ1) is 10.7. The summed E-state index contributed by atoms with van der Waals surface area (Å²) in [5, 5.41) is 11.9. The van der Waals surface area contributed by atoms with E-state index < -0.39 is 5.60 Å². The average Bonchev–Trinajstić information content (AvgIpc) is 2.55. The van der Waals surface area contributed by atoms with Crippen LogP contribution in [0.5, 0.6) is 0 Å². The molecule has 0 spiro atoms. The Hall–Kier alpha value is -1.36. The van der Waals surface area contributed by atoms with Gasteiger partial charge >= 0.3 is 0 Å². The largest absolute Gasteiger partial charge is 0.381 e. The average molecular weight is 197 g/mol. The van der Waals surface area contributed by atoms with Crippen LogP contribution in [0.1, 0.15) is 19.5 Å². The molecule has 0 bridgehead atoms. The van der Waals surface area contributed by atoms with Gasteiger partial charge in [0.25, 0.3) is 5.91 Å². The van der Waals surface area contributed by atoms with Crippen molar-refractivity contribution >= 4 is 5.91 Å². The summed E-state index contributed by atoms with van der Waals surface area (Å²) in [7, 11) is 0. The maximum Gasteiger partial charge on any atom is 0.251 e. The van der Waals surface area contributed by atoms with Crippen LogP contribution in [0, 0.1) is 0 Å². The Labute approximate surface area is 82.6 Å². The van der Waals surface area contributed by atoms with Gasteiger partial charge in [0, 0.05) is 24.9 Å². The molecule has 3 N–H and O–H groups in total. The van der Waals surface area contributed by atoms with Gasteiger partial charge in [-0.15, -0.1) is 0 Å². The molecule has 1 heterocycles. The highest BCUT2D eigenvalue weighted by Gasteiger charge is 2.22. The first-order chi connectivity index (χ1) is 6.50. The lowest BCUT2D eigenvalue weighted by atomic mass is 10.1. The van der Waals surface area contributed by atoms with Crippen LogP contribution in [0.2, 0.25) is 0 Å². The van der Waals surface area contributed by atoms with Gasteiger partial charge in [0.05, 0.1) is 6.33 Å². The normalized spacial score (nSPS) is 11.4. The lowest BCUT2D eigenvalue weighted by Crippen LogP contribution is -2.42. The van der Waals surface area contributed by atoms with Gasteiger partial charge in [0.2, 0.25) is 0 Å². The van der Waals surface area contributed by atoms with E-state index in [0.717, 1.165) is 5.69 Å². The number of carbonyl (C=O) groups excluding carboxylic acids is 1. The number of rotatable bonds is 4. The first-order valence-electron chi connectivity index (χ1n) is 4.48. The summed E-state index contributed by atoms with van der Waals surface area (Å²) in [6.07, 6.45) is 3.98. The summed E-state index contributed by atoms with van der Waals surface area (Å²) in [4.78, 5) is 18.0. The number of hydrogen-bond acceptors (Lipinski definition) is 3. The van der Waals surface area contributed by atoms with Crippen molar-refractivity contribution in [2.75, 3.05) is 6.54 Å². The van der Waals surface area contributed by atoms with Crippen molar-refractivity contribution in [2.45, 2.75) is 25.9 Å². The fraction of sp³-hybridized carbons (Fsp3) is 0.556. The van der Waals surface area contributed by atoms with Crippen LogP contribution in [-0.4, -0.2) is 33.1 Å². The highest BCUT2D eigenvalue weighted by Crippen LogP contribution is 1.99. The van der Waals surface area contributed by atoms with Gasteiger partial charge < -0.3 is 15.4 Å². The molecule has 1 aromatic heterocycles. The topological polar surface area (TPSA) is 78.0 Å². The fourth-order valence-corrected chi connectivity index (χ4v) is 0.948. The molecule has 14 heavy (non-hydrogen) atoms. The third-order valence-electron chi connectivity index (χ3n) is 1.79. The van der Waals surface area contributed by atoms with Crippen molar-refractivity contribution in [3.05, 3.63) is 18.2 Å². The van der Waals surface area contributed by atoms with E-state index in [4.69, 9.17) is 0 Å². The molecule has 78 valence electrons. The number of amides is 1. The van der Waals surface area contributed by atoms with Crippen molar-refractivity contribution in [3.8, 4) is 0 Å². The smallest absolute Gasteiger partial charge is 0.251 e. The molecule has 1 aromatic rings. The molecule has 0 saturated carbocycles. The third kappa shape index (κ3) is 3.18. The van der Waals surface area contributed by atoms with Crippen molar-refractivity contribution in [1.82, 2.24) is 15.3 Å². The lowest BCUT2D eigenvalue weighted by Gasteiger charge is -2.16. The van der Waals surface area contributed by atoms with Crippen LogP contribution in [0.3, 0.4) is 0 Å². The van der Waals surface area contributed by atoms with E-state index in [2.05, 4.69) is 15.3 Å². The minimum Gasteiger partial charge on any atom is -0.381 e. The Morgan fingerprint density at radius 3 is 2.93 bits per heavy atom. The predicted octanol–water partition coefficient (Wildman–Crippen LogP) is -0.161. The zero-order chi connectivity index (χ0) is 10.6. The van der Waals surface area contributed by atoms with Gasteiger partial charge in [-0.3, -0.25) is 4.79 Å². The van der Waals surface area contributed by atoms with Crippen molar-refractivity contribution < 1.29 is 9.90 Å². The lowest BCUT2D eigenvalue weighted by molar-refractivity contribution is -0.136. The molecule has 0 radical (unpaired) electrons. The second-order valence-electron chi connectivity index (χ2n) is 3.64. The second-order valence-corrected chi connectivity index (χ2v) is 3.64. The number of carbonyl (C=O) groups is 1. The Kier molecular flexibility index (Phi) is 3.24. The predicted molar refractivity (Wildman–Crippen MR) is 51.6 cm³/mol. The van der Waals surface area contributed by atoms with Gasteiger partial charge in [0.1, 0.15) is 5.60 Å². The fourth-order valence-electron chi connectivity index (χ4n) is 0.948. The first-order valence-corrected chi connectivity index (χ1v) is 4.48. The molecule has 5 nitrogen and oxygen atoms in total. The monoisotopic (exact) mass is 197 g/mol. The maximum atomic E-state index is 11.2. The van der Waals surface area contributed by atoms with E-state index in [-0.39, 0.29) is 5.91 Å². The van der Waals surface area contributed by atoms with Gasteiger partial charge in [-0.1, -0.05) is 0 Å². The van der Waals surface area contributed by atoms with Crippen LogP contribution in [0.4, 0.5) is 0 Å². The number of aliphatic hydroxyl groups is 1. The molecule has 0 aliphatic rings. The molecular weight excluding hydrogens is 182 g/mol. The molecule has 0 aromatic carbocycles. The van der Waals surface area contributed by atoms with Crippen LogP contribution in [0.15, 0.2) is 12.5 Å². The Morgan fingerprint density at radius 2 is 2.43 bits per heavy atom. The molecule has 0 atom stereocenters. The minimum atomic E-state index is -1.31. The summed E-state index contributed by atoms with van der Waals surface area (Å²) in [5.41, 5.74) is -0.352. The summed E-state index contributed by atoms with van der Waals surface area (Å²) in [5.74, 6) is -0.364. The highest BCUT2D eigenvalue weighted by atomic mass is 16.3. The maximum absolute atomic E-state index is 11.2. The quantitative estimate of drug-likeness (QED) is 0.627. The summed E-state index contributed by atoms with van der Waals surface area (Å²) >= 11 is 0. The standard InChI is InChI=1S/C9H15N3O2/c1-9(2,14)8(13)11-4-3-7-5-10-6-12-7/h5-6,14H,3-4H2,1-2H3,(H,10,12)(H,11,13). The molecule has 5 heteroatoms. The number of nitrogens with zero attached hydrogens (tertiary/aromatic N) is 1. The van der Waals surface area contributed by atoms with Crippen molar-refractivity contribution in [1.29, 1.82) is 0 Å². The number of aromatic amines is 1. The van der Waals surface area contributed by atoms with Gasteiger partial charge in [-0.2, -0.15) is 0 Å². The minimum absolute atomic E-state index is 0.364. The zero-order valence-corrected chi connectivity index (χ0v) is 8.37. The van der Waals surface area contributed by atoms with E-state index in [1.165, 1.54) is 13.8 Å². The molecule has 1 rings (SSSR count). The van der Waals surface area contributed by atoms with Gasteiger partial charge in [0.15, 0.2) is 0 Å². The molecule has 0 saturated heterocycles. The molecule has 0 aliphatic carbocycles. The molecule has 0 unspecified atom stereocenters. The van der Waals surface area contributed by atoms with Crippen molar-refractivity contribution in [2.24, 2.45) is 0 Å². The second kappa shape index (κ2) is 4.23. The number of nitrogens with one attached hydrogen (secondary N) is 2. The number of H-pyrrole nitrogens is 1. The Morgan fingerprint density at radius 1 is 1.71 bits per heavy atom. The summed E-state index contributed by atoms with van der Waals surface area (Å²) < 4.78 is 0. The Balaban J connectivity index is 2.26. The Bertz CT molecular complexity index is 288. The van der Waals surface area contributed by atoms with E-state index in [1.807, 2.05) is 0 Å². The van der Waals surface area contributed by atoms with Crippen molar-refractivity contribution in [3.63, 3.8) is 0 Å². The highest BCUT2D eigenvalue weighted by molar-refractivity contribution is 5.83. The van der Waals surface area contributed by atoms with Gasteiger partial charge in [-0.25, -0.2) is 4.98 Å². The van der Waals surface area contributed by atoms with Crippen LogP contribution in [-0.2, 0) is 11.2 Å². The molecule has 1 amide bonds. The molecule has 0 aliphatic heterocycles. The van der Waals surface area contributed by atoms with Crippen LogP contribution < -0.4 is 5.32 Å². The van der Waals surface area contributed by atoms with Gasteiger partial charge in [-0.05, 0) is 13.8 Å². The number of imidazole rings is 1. The number of hydrogen-bond donors (Lipinski definition) is 3. The molecule has 0 fully saturated rings. The molecular formula is C9H15N3O2. The van der Waals surface area contributed by atoms with Crippen LogP contribution in [0.25, 0.3) is 0 Å². The summed E-state index contributed by atoms with van der Waals surface area (Å²) in [6.45, 7) is 3.40. The van der Waals surface area contributed by atoms with E-state index in [0.29, 0.717) is 13.0 Å². The number of aromatic nitrogens is 2.